The summed E-state index contributed by atoms with van der Waals surface area (Å²) in [4.78, 5) is 65.2. The second kappa shape index (κ2) is 11.1. The van der Waals surface area contributed by atoms with Crippen LogP contribution in [0.1, 0.15) is 46.0 Å². The lowest BCUT2D eigenvalue weighted by molar-refractivity contribution is -0.140. The Labute approximate surface area is 227 Å². The zero-order chi connectivity index (χ0) is 28.4. The van der Waals surface area contributed by atoms with Crippen LogP contribution in [0.3, 0.4) is 0 Å². The number of carboxylic acids is 2. The number of carboxylic acid groups (broad SMARTS) is 2. The topological polar surface area (TPSA) is 204 Å². The molecule has 0 aromatic carbocycles. The van der Waals surface area contributed by atoms with E-state index in [4.69, 9.17) is 20.8 Å². The fourth-order valence-electron chi connectivity index (χ4n) is 4.90. The van der Waals surface area contributed by atoms with Gasteiger partial charge in [-0.05, 0) is 68.1 Å². The summed E-state index contributed by atoms with van der Waals surface area (Å²) >= 11 is 0. The molecule has 8 bridgehead atoms. The van der Waals surface area contributed by atoms with Crippen molar-refractivity contribution in [2.75, 3.05) is 0 Å². The Morgan fingerprint density at radius 1 is 0.800 bits per heavy atom. The van der Waals surface area contributed by atoms with Gasteiger partial charge in [0.25, 0.3) is 0 Å². The molecular weight excluding hydrogens is 516 g/mol. The lowest BCUT2D eigenvalue weighted by Gasteiger charge is -2.19. The molecule has 12 heteroatoms. The number of carbonyl (C=O) groups excluding carboxylic acids is 2. The highest BCUT2D eigenvalue weighted by Crippen LogP contribution is 2.23. The molecule has 5 heterocycles. The Balaban J connectivity index is 1.66. The zero-order valence-corrected chi connectivity index (χ0v) is 21.4. The maximum absolute atomic E-state index is 13.9. The van der Waals surface area contributed by atoms with Crippen LogP contribution in [0.25, 0.3) is 22.1 Å². The van der Waals surface area contributed by atoms with Crippen LogP contribution in [-0.4, -0.2) is 65.9 Å². The van der Waals surface area contributed by atoms with E-state index in [0.29, 0.717) is 29.6 Å². The highest BCUT2D eigenvalue weighted by Gasteiger charge is 2.31. The van der Waals surface area contributed by atoms with Crippen LogP contribution in [-0.2, 0) is 40.1 Å². The van der Waals surface area contributed by atoms with Crippen LogP contribution < -0.4 is 11.1 Å². The highest BCUT2D eigenvalue weighted by molar-refractivity contribution is 6.09. The average molecular weight is 545 g/mol. The number of nitrogens with two attached hydrogens (primary N) is 1. The summed E-state index contributed by atoms with van der Waals surface area (Å²) in [6.45, 7) is 0. The first-order valence-corrected chi connectivity index (χ1v) is 12.8. The van der Waals surface area contributed by atoms with Crippen LogP contribution in [0.2, 0.25) is 0 Å². The third-order valence-corrected chi connectivity index (χ3v) is 6.77. The molecule has 3 aromatic rings. The fraction of sp³-hybridized carbons (Fsp3) is 0.286. The summed E-state index contributed by atoms with van der Waals surface area (Å²) in [5.74, 6) is -4.22. The molecule has 7 N–H and O–H groups in total. The fourth-order valence-corrected chi connectivity index (χ4v) is 4.90. The average Bonchev–Trinajstić information content (AvgIpc) is 3.69. The second-order valence-corrected chi connectivity index (χ2v) is 9.88. The van der Waals surface area contributed by atoms with Gasteiger partial charge in [-0.2, -0.15) is 0 Å². The zero-order valence-electron chi connectivity index (χ0n) is 21.4. The maximum Gasteiger partial charge on any atom is 0.305 e. The highest BCUT2D eigenvalue weighted by atomic mass is 16.4. The second-order valence-electron chi connectivity index (χ2n) is 9.88. The maximum atomic E-state index is 13.9. The summed E-state index contributed by atoms with van der Waals surface area (Å²) < 4.78 is 0. The molecule has 3 aromatic heterocycles. The van der Waals surface area contributed by atoms with Gasteiger partial charge < -0.3 is 31.2 Å². The SMILES string of the molecule is N[C@@H](CC(=O)O)C(=O)N[C@@H](CC(=O)O)C(=O)c1c2nc(cc3ccc(cc4nc(cc5ccc1[nH]5)CC4)[nH]3)CC2. The first-order valence-electron chi connectivity index (χ1n) is 12.8. The van der Waals surface area contributed by atoms with Gasteiger partial charge in [0.1, 0.15) is 6.04 Å². The summed E-state index contributed by atoms with van der Waals surface area (Å²) in [7, 11) is 0. The first kappa shape index (κ1) is 26.8. The number of H-pyrrole nitrogens is 2. The first-order chi connectivity index (χ1) is 19.1. The van der Waals surface area contributed by atoms with Gasteiger partial charge in [0.2, 0.25) is 5.91 Å². The third-order valence-electron chi connectivity index (χ3n) is 6.77. The van der Waals surface area contributed by atoms with E-state index >= 15 is 0 Å². The number of Topliss-reactive ketones (excluding diaryl/α,β-unsaturated/α-hetero) is 1. The number of hydrogen-bond donors (Lipinski definition) is 6. The molecule has 2 aliphatic heterocycles. The summed E-state index contributed by atoms with van der Waals surface area (Å²) in [5.41, 5.74) is 11.7. The van der Waals surface area contributed by atoms with Crippen molar-refractivity contribution >= 4 is 45.7 Å². The van der Waals surface area contributed by atoms with Crippen molar-refractivity contribution in [2.24, 2.45) is 5.73 Å². The quantitative estimate of drug-likeness (QED) is 0.229. The van der Waals surface area contributed by atoms with Gasteiger partial charge in [0, 0.05) is 33.6 Å². The van der Waals surface area contributed by atoms with Crippen LogP contribution >= 0.6 is 0 Å². The number of nitrogens with zero attached hydrogens (tertiary/aromatic N) is 2. The van der Waals surface area contributed by atoms with Crippen molar-refractivity contribution in [3.8, 4) is 0 Å². The smallest absolute Gasteiger partial charge is 0.305 e. The van der Waals surface area contributed by atoms with Gasteiger partial charge in [-0.3, -0.25) is 29.1 Å². The number of aromatic nitrogens is 4. The lowest BCUT2D eigenvalue weighted by Crippen LogP contribution is -2.50. The number of rotatable bonds is 8. The lowest BCUT2D eigenvalue weighted by atomic mass is 9.98. The van der Waals surface area contributed by atoms with Gasteiger partial charge >= 0.3 is 11.9 Å². The van der Waals surface area contributed by atoms with Crippen LogP contribution in [0.15, 0.2) is 42.5 Å². The van der Waals surface area contributed by atoms with Crippen molar-refractivity contribution in [1.82, 2.24) is 25.3 Å². The molecule has 2 atom stereocenters. The Bertz CT molecular complexity index is 1670. The largest absolute Gasteiger partial charge is 0.481 e. The number of hydrogen-bond acceptors (Lipinski definition) is 7. The van der Waals surface area contributed by atoms with Crippen molar-refractivity contribution < 1.29 is 29.4 Å². The van der Waals surface area contributed by atoms with Gasteiger partial charge in [-0.1, -0.05) is 0 Å². The third kappa shape index (κ3) is 6.07. The molecular formula is C28H28N6O6. The molecule has 0 spiro atoms. The number of carbonyl (C=O) groups is 4. The van der Waals surface area contributed by atoms with Crippen LogP contribution in [0, 0.1) is 0 Å². The number of nitrogens with one attached hydrogen (secondary N) is 3. The standard InChI is InChI=1S/C28H28N6O6/c29-20(12-24(35)36)28(40)34-23(13-25(37)38)27(39)26-21-7-5-18(32-21)10-16-3-1-14(30-16)9-15-2-4-17(31-15)11-19-6-8-22(26)33-19/h1,3,6,8-11,20,23,30,33H,2,4-5,7,12-13,29H2,(H,34,40)(H,35,36)(H,37,38)/t20-,23-/m0/s1. The molecule has 0 saturated carbocycles. The predicted molar refractivity (Wildman–Crippen MR) is 145 cm³/mol. The number of fused-ring (bicyclic) bond motifs is 8. The van der Waals surface area contributed by atoms with Crippen molar-refractivity contribution in [2.45, 2.75) is 50.6 Å². The molecule has 5 rings (SSSR count). The van der Waals surface area contributed by atoms with E-state index in [9.17, 15) is 24.3 Å². The van der Waals surface area contributed by atoms with E-state index in [1.54, 1.807) is 12.1 Å². The number of aliphatic carboxylic acids is 2. The number of aromatic amines is 2. The van der Waals surface area contributed by atoms with E-state index in [1.807, 2.05) is 30.3 Å². The van der Waals surface area contributed by atoms with Crippen molar-refractivity contribution in [3.05, 3.63) is 70.8 Å². The minimum Gasteiger partial charge on any atom is -0.481 e. The van der Waals surface area contributed by atoms with E-state index in [0.717, 1.165) is 41.0 Å². The van der Waals surface area contributed by atoms with E-state index in [1.165, 1.54) is 0 Å². The molecule has 2 aliphatic rings. The molecule has 1 amide bonds. The normalized spacial score (nSPS) is 14.3. The van der Waals surface area contributed by atoms with Crippen molar-refractivity contribution in [3.63, 3.8) is 0 Å². The van der Waals surface area contributed by atoms with Crippen LogP contribution in [0.4, 0.5) is 0 Å². The molecule has 0 radical (unpaired) electrons. The van der Waals surface area contributed by atoms with Gasteiger partial charge in [0.15, 0.2) is 5.78 Å². The molecule has 0 saturated heterocycles. The summed E-state index contributed by atoms with van der Waals surface area (Å²) in [6.07, 6.45) is 1.12. The number of ketones is 1. The Morgan fingerprint density at radius 3 is 1.98 bits per heavy atom. The molecule has 40 heavy (non-hydrogen) atoms. The van der Waals surface area contributed by atoms with Gasteiger partial charge in [-0.15, -0.1) is 0 Å². The summed E-state index contributed by atoms with van der Waals surface area (Å²) in [6, 6.07) is 10.2. The Morgan fingerprint density at radius 2 is 1.35 bits per heavy atom. The Kier molecular flexibility index (Phi) is 7.43. The van der Waals surface area contributed by atoms with E-state index < -0.39 is 48.6 Å². The molecule has 0 fully saturated rings. The van der Waals surface area contributed by atoms with Crippen molar-refractivity contribution in [1.29, 1.82) is 0 Å². The van der Waals surface area contributed by atoms with Gasteiger partial charge in [0.05, 0.1) is 35.7 Å². The predicted octanol–water partition coefficient (Wildman–Crippen LogP) is 1.83. The number of aryl methyl sites for hydroxylation is 4. The minimum atomic E-state index is -1.49. The minimum absolute atomic E-state index is 0.148. The molecule has 0 aliphatic carbocycles. The monoisotopic (exact) mass is 544 g/mol. The van der Waals surface area contributed by atoms with Crippen LogP contribution in [0.5, 0.6) is 0 Å². The van der Waals surface area contributed by atoms with E-state index in [-0.39, 0.29) is 5.56 Å². The summed E-state index contributed by atoms with van der Waals surface area (Å²) in [5, 5.41) is 20.8. The van der Waals surface area contributed by atoms with Gasteiger partial charge in [-0.25, -0.2) is 0 Å². The molecule has 0 unspecified atom stereocenters. The Hall–Kier alpha value is -4.84. The number of amides is 1. The molecule has 12 nitrogen and oxygen atoms in total. The molecule has 206 valence electrons. The van der Waals surface area contributed by atoms with E-state index in [2.05, 4.69) is 15.3 Å².